The molecule has 3 rings (SSSR count). The first-order chi connectivity index (χ1) is 9.98. The second kappa shape index (κ2) is 4.49. The first kappa shape index (κ1) is 13.5. The largest absolute Gasteiger partial charge is 0.507 e. The Bertz CT molecular complexity index is 741. The van der Waals surface area contributed by atoms with Gasteiger partial charge in [0.25, 0.3) is 5.91 Å². The van der Waals surface area contributed by atoms with Crippen molar-refractivity contribution < 1.29 is 19.7 Å². The van der Waals surface area contributed by atoms with Crippen molar-refractivity contribution in [3.8, 4) is 11.5 Å². The van der Waals surface area contributed by atoms with Crippen LogP contribution in [-0.4, -0.2) is 23.2 Å². The number of anilines is 1. The highest BCUT2D eigenvalue weighted by atomic mass is 16.5. The van der Waals surface area contributed by atoms with Crippen molar-refractivity contribution in [1.82, 2.24) is 0 Å². The molecule has 0 spiro atoms. The number of aromatic hydroxyl groups is 1. The summed E-state index contributed by atoms with van der Waals surface area (Å²) >= 11 is 0. The van der Waals surface area contributed by atoms with Crippen LogP contribution in [0, 0.1) is 6.92 Å². The minimum Gasteiger partial charge on any atom is -0.507 e. The maximum atomic E-state index is 12.3. The Morgan fingerprint density at radius 3 is 2.62 bits per heavy atom. The zero-order valence-electron chi connectivity index (χ0n) is 11.7. The molecule has 0 radical (unpaired) electrons. The fourth-order valence-electron chi connectivity index (χ4n) is 2.70. The number of amides is 1. The Kier molecular flexibility index (Phi) is 2.88. The van der Waals surface area contributed by atoms with E-state index in [0.717, 1.165) is 5.56 Å². The quantitative estimate of drug-likeness (QED) is 0.787. The van der Waals surface area contributed by atoms with E-state index < -0.39 is 11.5 Å². The molecule has 2 aromatic rings. The highest BCUT2D eigenvalue weighted by molar-refractivity contribution is 6.07. The highest BCUT2D eigenvalue weighted by Gasteiger charge is 2.48. The van der Waals surface area contributed by atoms with Crippen molar-refractivity contribution in [3.63, 3.8) is 0 Å². The Balaban J connectivity index is 2.24. The van der Waals surface area contributed by atoms with Gasteiger partial charge in [-0.15, -0.1) is 0 Å². The Morgan fingerprint density at radius 2 is 1.90 bits per heavy atom. The normalized spacial score (nSPS) is 20.0. The maximum Gasteiger partial charge on any atom is 0.266 e. The molecule has 21 heavy (non-hydrogen) atoms. The molecule has 0 saturated carbocycles. The molecule has 5 heteroatoms. The van der Waals surface area contributed by atoms with E-state index in [1.807, 2.05) is 0 Å². The molecule has 1 aliphatic rings. The van der Waals surface area contributed by atoms with E-state index in [1.54, 1.807) is 37.3 Å². The molecule has 1 unspecified atom stereocenters. The van der Waals surface area contributed by atoms with Crippen LogP contribution in [0.5, 0.6) is 11.5 Å². The van der Waals surface area contributed by atoms with Crippen molar-refractivity contribution >= 4 is 11.6 Å². The van der Waals surface area contributed by atoms with Crippen LogP contribution in [0.25, 0.3) is 0 Å². The Hall–Kier alpha value is -2.53. The highest BCUT2D eigenvalue weighted by Crippen LogP contribution is 2.45. The van der Waals surface area contributed by atoms with Gasteiger partial charge in [0.2, 0.25) is 0 Å². The molecule has 2 aromatic carbocycles. The van der Waals surface area contributed by atoms with E-state index in [4.69, 9.17) is 4.74 Å². The Labute approximate surface area is 121 Å². The van der Waals surface area contributed by atoms with Gasteiger partial charge in [-0.05, 0) is 24.6 Å². The van der Waals surface area contributed by atoms with Crippen LogP contribution < -0.4 is 10.1 Å². The average molecular weight is 285 g/mol. The van der Waals surface area contributed by atoms with Gasteiger partial charge in [0.15, 0.2) is 5.60 Å². The van der Waals surface area contributed by atoms with Gasteiger partial charge in [0.1, 0.15) is 11.5 Å². The molecule has 108 valence electrons. The second-order valence-corrected chi connectivity index (χ2v) is 5.05. The van der Waals surface area contributed by atoms with Crippen LogP contribution >= 0.6 is 0 Å². The van der Waals surface area contributed by atoms with Crippen LogP contribution in [0.1, 0.15) is 16.7 Å². The van der Waals surface area contributed by atoms with Crippen LogP contribution in [0.4, 0.5) is 5.69 Å². The summed E-state index contributed by atoms with van der Waals surface area (Å²) in [7, 11) is 1.49. The van der Waals surface area contributed by atoms with E-state index >= 15 is 0 Å². The van der Waals surface area contributed by atoms with Crippen molar-refractivity contribution in [1.29, 1.82) is 0 Å². The Morgan fingerprint density at radius 1 is 1.19 bits per heavy atom. The number of benzene rings is 2. The summed E-state index contributed by atoms with van der Waals surface area (Å²) < 4.78 is 5.13. The number of para-hydroxylation sites is 1. The monoisotopic (exact) mass is 285 g/mol. The lowest BCUT2D eigenvalue weighted by atomic mass is 9.86. The molecule has 0 bridgehead atoms. The summed E-state index contributed by atoms with van der Waals surface area (Å²) in [6.45, 7) is 1.78. The van der Waals surface area contributed by atoms with E-state index in [2.05, 4.69) is 5.32 Å². The molecular formula is C16H15NO4. The van der Waals surface area contributed by atoms with E-state index in [1.165, 1.54) is 13.2 Å². The van der Waals surface area contributed by atoms with Crippen LogP contribution in [0.3, 0.4) is 0 Å². The lowest BCUT2D eigenvalue weighted by Gasteiger charge is -2.23. The number of phenolic OH excluding ortho intramolecular Hbond substituents is 1. The van der Waals surface area contributed by atoms with E-state index in [-0.39, 0.29) is 11.3 Å². The molecule has 3 N–H and O–H groups in total. The SMILES string of the molecule is COc1cc(O)c(C2(O)C(=O)Nc3ccccc32)cc1C. The van der Waals surface area contributed by atoms with Crippen molar-refractivity contribution in [2.75, 3.05) is 12.4 Å². The smallest absolute Gasteiger partial charge is 0.266 e. The zero-order chi connectivity index (χ0) is 15.2. The zero-order valence-corrected chi connectivity index (χ0v) is 11.7. The molecule has 0 fully saturated rings. The molecule has 0 saturated heterocycles. The van der Waals surface area contributed by atoms with Gasteiger partial charge in [0.05, 0.1) is 7.11 Å². The minimum atomic E-state index is -1.91. The van der Waals surface area contributed by atoms with Gasteiger partial charge in [0, 0.05) is 22.9 Å². The minimum absolute atomic E-state index is 0.142. The number of carbonyl (C=O) groups excluding carboxylic acids is 1. The van der Waals surface area contributed by atoms with Crippen molar-refractivity contribution in [2.45, 2.75) is 12.5 Å². The number of methoxy groups -OCH3 is 1. The molecule has 1 aliphatic heterocycles. The molecule has 1 amide bonds. The molecule has 0 aromatic heterocycles. The number of hydrogen-bond acceptors (Lipinski definition) is 4. The number of carbonyl (C=O) groups is 1. The van der Waals surface area contributed by atoms with Gasteiger partial charge in [-0.1, -0.05) is 18.2 Å². The van der Waals surface area contributed by atoms with Gasteiger partial charge >= 0.3 is 0 Å². The third-order valence-corrected chi connectivity index (χ3v) is 3.80. The third kappa shape index (κ3) is 1.78. The molecule has 1 atom stereocenters. The van der Waals surface area contributed by atoms with Crippen LogP contribution in [0.15, 0.2) is 36.4 Å². The number of hydrogen-bond donors (Lipinski definition) is 3. The standard InChI is InChI=1S/C16H15NO4/c1-9-7-11(13(18)8-14(9)21-2)16(20)10-5-3-4-6-12(10)17-15(16)19/h3-8,18,20H,1-2H3,(H,17,19). The number of ether oxygens (including phenoxy) is 1. The average Bonchev–Trinajstić information content (AvgIpc) is 2.74. The number of fused-ring (bicyclic) bond motifs is 1. The number of aryl methyl sites for hydroxylation is 1. The van der Waals surface area contributed by atoms with Gasteiger partial charge < -0.3 is 20.3 Å². The molecule has 5 nitrogen and oxygen atoms in total. The predicted octanol–water partition coefficient (Wildman–Crippen LogP) is 1.90. The molecular weight excluding hydrogens is 270 g/mol. The summed E-state index contributed by atoms with van der Waals surface area (Å²) in [6.07, 6.45) is 0. The lowest BCUT2D eigenvalue weighted by molar-refractivity contribution is -0.129. The maximum absolute atomic E-state index is 12.3. The number of rotatable bonds is 2. The first-order valence-electron chi connectivity index (χ1n) is 6.50. The number of phenols is 1. The van der Waals surface area contributed by atoms with Gasteiger partial charge in [-0.25, -0.2) is 0 Å². The van der Waals surface area contributed by atoms with Gasteiger partial charge in [-0.3, -0.25) is 4.79 Å². The molecule has 0 aliphatic carbocycles. The fraction of sp³-hybridized carbons (Fsp3) is 0.188. The van der Waals surface area contributed by atoms with Gasteiger partial charge in [-0.2, -0.15) is 0 Å². The molecule has 1 heterocycles. The lowest BCUT2D eigenvalue weighted by Crippen LogP contribution is -2.35. The summed E-state index contributed by atoms with van der Waals surface area (Å²) in [5, 5.41) is 23.8. The van der Waals surface area contributed by atoms with Crippen molar-refractivity contribution in [2.24, 2.45) is 0 Å². The third-order valence-electron chi connectivity index (χ3n) is 3.80. The van der Waals surface area contributed by atoms with E-state index in [9.17, 15) is 15.0 Å². The summed E-state index contributed by atoms with van der Waals surface area (Å²) in [5.74, 6) is -0.276. The first-order valence-corrected chi connectivity index (χ1v) is 6.50. The van der Waals surface area contributed by atoms with Crippen molar-refractivity contribution in [3.05, 3.63) is 53.1 Å². The fourth-order valence-corrected chi connectivity index (χ4v) is 2.70. The topological polar surface area (TPSA) is 78.8 Å². The van der Waals surface area contributed by atoms with Crippen LogP contribution in [0.2, 0.25) is 0 Å². The number of nitrogens with one attached hydrogen (secondary N) is 1. The number of aliphatic hydroxyl groups is 1. The summed E-state index contributed by atoms with van der Waals surface area (Å²) in [5.41, 5.74) is -0.0792. The predicted molar refractivity (Wildman–Crippen MR) is 77.5 cm³/mol. The van der Waals surface area contributed by atoms with E-state index in [0.29, 0.717) is 17.0 Å². The summed E-state index contributed by atoms with van der Waals surface area (Å²) in [6, 6.07) is 9.83. The second-order valence-electron chi connectivity index (χ2n) is 5.05. The van der Waals surface area contributed by atoms with Crippen LogP contribution in [-0.2, 0) is 10.4 Å². The summed E-state index contributed by atoms with van der Waals surface area (Å²) in [4.78, 5) is 12.3.